The van der Waals surface area contributed by atoms with Crippen molar-refractivity contribution in [1.29, 1.82) is 0 Å². The minimum Gasteiger partial charge on any atom is -0.352 e. The minimum atomic E-state index is -4.16. The van der Waals surface area contributed by atoms with Gasteiger partial charge in [0.2, 0.25) is 11.8 Å². The average molecular weight is 596 g/mol. The van der Waals surface area contributed by atoms with Gasteiger partial charge in [-0.25, -0.2) is 8.42 Å². The van der Waals surface area contributed by atoms with Gasteiger partial charge in [0.25, 0.3) is 10.0 Å². The van der Waals surface area contributed by atoms with Gasteiger partial charge in [-0.2, -0.15) is 0 Å². The molecule has 1 atom stereocenters. The molecule has 3 aromatic rings. The summed E-state index contributed by atoms with van der Waals surface area (Å²) >= 11 is 6.30. The fourth-order valence-corrected chi connectivity index (χ4v) is 6.78. The van der Waals surface area contributed by atoms with Gasteiger partial charge >= 0.3 is 0 Å². The molecule has 1 aliphatic carbocycles. The Bertz CT molecular complexity index is 1500. The van der Waals surface area contributed by atoms with Gasteiger partial charge < -0.3 is 10.2 Å². The first kappa shape index (κ1) is 30.6. The van der Waals surface area contributed by atoms with E-state index < -0.39 is 28.5 Å². The number of aryl methyl sites for hydroxylation is 3. The third-order valence-corrected chi connectivity index (χ3v) is 9.81. The van der Waals surface area contributed by atoms with Crippen LogP contribution in [0.15, 0.2) is 71.6 Å². The predicted octanol–water partition coefficient (Wildman–Crippen LogP) is 5.94. The number of rotatable bonds is 10. The van der Waals surface area contributed by atoms with Crippen LogP contribution in [0.5, 0.6) is 0 Å². The highest BCUT2D eigenvalue weighted by Crippen LogP contribution is 2.30. The van der Waals surface area contributed by atoms with Crippen LogP contribution in [0.1, 0.15) is 54.9 Å². The number of carbonyl (C=O) groups is 2. The van der Waals surface area contributed by atoms with Gasteiger partial charge in [0.15, 0.2) is 0 Å². The van der Waals surface area contributed by atoms with E-state index in [2.05, 4.69) is 5.32 Å². The maximum absolute atomic E-state index is 14.2. The lowest BCUT2D eigenvalue weighted by atomic mass is 10.1. The molecule has 0 radical (unpaired) electrons. The van der Waals surface area contributed by atoms with E-state index in [0.29, 0.717) is 16.3 Å². The monoisotopic (exact) mass is 595 g/mol. The maximum Gasteiger partial charge on any atom is 0.264 e. The standard InChI is InChI=1S/C32H38ClN3O4S/c1-22-13-17-29(18-14-22)41(39,40)36(30-19-27(33)16-15-24(30)3)21-31(37)35(20-26-10-6-5-9-23(26)2)25(4)32(38)34-28-11-7-8-12-28/h5-6,9-10,13-19,25,28H,7-8,11-12,20-21H2,1-4H3,(H,34,38)/t25-/m1/s1. The Morgan fingerprint density at radius 2 is 1.61 bits per heavy atom. The molecule has 0 spiro atoms. The first-order valence-electron chi connectivity index (χ1n) is 14.0. The Labute approximate surface area is 248 Å². The Kier molecular flexibility index (Phi) is 9.76. The molecule has 2 amide bonds. The van der Waals surface area contributed by atoms with Crippen LogP contribution in [0.25, 0.3) is 0 Å². The highest BCUT2D eigenvalue weighted by Gasteiger charge is 2.34. The molecule has 0 aromatic heterocycles. The fourth-order valence-electron chi connectivity index (χ4n) is 5.15. The van der Waals surface area contributed by atoms with Gasteiger partial charge in [0.1, 0.15) is 12.6 Å². The summed E-state index contributed by atoms with van der Waals surface area (Å²) in [5.74, 6) is -0.733. The number of anilines is 1. The van der Waals surface area contributed by atoms with Crippen LogP contribution in [0.2, 0.25) is 5.02 Å². The second kappa shape index (κ2) is 13.1. The molecule has 1 fully saturated rings. The lowest BCUT2D eigenvalue weighted by molar-refractivity contribution is -0.139. The van der Waals surface area contributed by atoms with Crippen LogP contribution in [-0.4, -0.2) is 43.8 Å². The lowest BCUT2D eigenvalue weighted by Crippen LogP contribution is -2.52. The van der Waals surface area contributed by atoms with E-state index in [-0.39, 0.29) is 23.4 Å². The van der Waals surface area contributed by atoms with Gasteiger partial charge in [-0.3, -0.25) is 13.9 Å². The number of halogens is 1. The first-order chi connectivity index (χ1) is 19.5. The molecule has 0 aliphatic heterocycles. The number of nitrogens with one attached hydrogen (secondary N) is 1. The molecule has 3 aromatic carbocycles. The fraction of sp³-hybridized carbons (Fsp3) is 0.375. The van der Waals surface area contributed by atoms with E-state index in [0.717, 1.165) is 46.7 Å². The maximum atomic E-state index is 14.2. The Balaban J connectivity index is 1.73. The molecule has 1 aliphatic rings. The van der Waals surface area contributed by atoms with Crippen molar-refractivity contribution in [3.8, 4) is 0 Å². The SMILES string of the molecule is Cc1ccc(S(=O)(=O)N(CC(=O)N(Cc2ccccc2C)[C@H](C)C(=O)NC2CCCC2)c2cc(Cl)ccc2C)cc1. The second-order valence-corrected chi connectivity index (χ2v) is 13.2. The van der Waals surface area contributed by atoms with E-state index in [1.165, 1.54) is 17.0 Å². The largest absolute Gasteiger partial charge is 0.352 e. The molecule has 0 bridgehead atoms. The molecular weight excluding hydrogens is 558 g/mol. The van der Waals surface area contributed by atoms with Crippen LogP contribution >= 0.6 is 11.6 Å². The molecule has 4 rings (SSSR count). The van der Waals surface area contributed by atoms with Crippen LogP contribution in [0.4, 0.5) is 5.69 Å². The highest BCUT2D eigenvalue weighted by molar-refractivity contribution is 7.92. The van der Waals surface area contributed by atoms with E-state index in [1.54, 1.807) is 44.2 Å². The van der Waals surface area contributed by atoms with Crippen molar-refractivity contribution in [2.75, 3.05) is 10.8 Å². The number of amides is 2. The van der Waals surface area contributed by atoms with E-state index in [4.69, 9.17) is 11.6 Å². The van der Waals surface area contributed by atoms with Crippen molar-refractivity contribution in [2.24, 2.45) is 0 Å². The zero-order valence-electron chi connectivity index (χ0n) is 24.1. The number of sulfonamides is 1. The number of carbonyl (C=O) groups excluding carboxylic acids is 2. The predicted molar refractivity (Wildman–Crippen MR) is 163 cm³/mol. The van der Waals surface area contributed by atoms with Gasteiger partial charge in [0.05, 0.1) is 10.6 Å². The van der Waals surface area contributed by atoms with Crippen LogP contribution in [0.3, 0.4) is 0 Å². The molecular formula is C32H38ClN3O4S. The number of hydrogen-bond donors (Lipinski definition) is 1. The quantitative estimate of drug-likeness (QED) is 0.314. The van der Waals surface area contributed by atoms with Crippen molar-refractivity contribution in [1.82, 2.24) is 10.2 Å². The summed E-state index contributed by atoms with van der Waals surface area (Å²) in [6.07, 6.45) is 3.97. The molecule has 218 valence electrons. The molecule has 41 heavy (non-hydrogen) atoms. The second-order valence-electron chi connectivity index (χ2n) is 10.9. The third kappa shape index (κ3) is 7.29. The van der Waals surface area contributed by atoms with Crippen molar-refractivity contribution in [3.05, 3.63) is 94.0 Å². The zero-order valence-corrected chi connectivity index (χ0v) is 25.6. The van der Waals surface area contributed by atoms with Crippen LogP contribution < -0.4 is 9.62 Å². The molecule has 1 saturated carbocycles. The van der Waals surface area contributed by atoms with Gasteiger partial charge in [-0.05, 0) is 81.5 Å². The first-order valence-corrected chi connectivity index (χ1v) is 15.8. The minimum absolute atomic E-state index is 0.0627. The van der Waals surface area contributed by atoms with Crippen molar-refractivity contribution < 1.29 is 18.0 Å². The molecule has 7 nitrogen and oxygen atoms in total. The topological polar surface area (TPSA) is 86.8 Å². The van der Waals surface area contributed by atoms with Gasteiger partial charge in [-0.1, -0.05) is 72.5 Å². The summed E-state index contributed by atoms with van der Waals surface area (Å²) in [6.45, 7) is 6.97. The van der Waals surface area contributed by atoms with Crippen molar-refractivity contribution in [2.45, 2.75) is 76.9 Å². The summed E-state index contributed by atoms with van der Waals surface area (Å²) in [6, 6.07) is 18.4. The van der Waals surface area contributed by atoms with Crippen LogP contribution in [0, 0.1) is 20.8 Å². The Morgan fingerprint density at radius 1 is 0.951 bits per heavy atom. The Morgan fingerprint density at radius 3 is 2.27 bits per heavy atom. The van der Waals surface area contributed by atoms with Gasteiger partial charge in [0, 0.05) is 17.6 Å². The number of hydrogen-bond acceptors (Lipinski definition) is 4. The van der Waals surface area contributed by atoms with Crippen molar-refractivity contribution >= 4 is 39.1 Å². The summed E-state index contributed by atoms with van der Waals surface area (Å²) in [5, 5.41) is 3.45. The zero-order chi connectivity index (χ0) is 29.7. The highest BCUT2D eigenvalue weighted by atomic mass is 35.5. The molecule has 1 N–H and O–H groups in total. The van der Waals surface area contributed by atoms with E-state index in [1.807, 2.05) is 38.1 Å². The summed E-state index contributed by atoms with van der Waals surface area (Å²) in [7, 11) is -4.16. The molecule has 0 heterocycles. The summed E-state index contributed by atoms with van der Waals surface area (Å²) < 4.78 is 29.2. The smallest absolute Gasteiger partial charge is 0.264 e. The lowest BCUT2D eigenvalue weighted by Gasteiger charge is -2.33. The summed E-state index contributed by atoms with van der Waals surface area (Å²) in [4.78, 5) is 29.1. The molecule has 9 heteroatoms. The molecule has 0 saturated heterocycles. The summed E-state index contributed by atoms with van der Waals surface area (Å²) in [5.41, 5.74) is 3.73. The Hall–Kier alpha value is -3.36. The average Bonchev–Trinajstić information content (AvgIpc) is 3.45. The van der Waals surface area contributed by atoms with Gasteiger partial charge in [-0.15, -0.1) is 0 Å². The molecule has 0 unspecified atom stereocenters. The number of nitrogens with zero attached hydrogens (tertiary/aromatic N) is 2. The normalized spacial score (nSPS) is 14.5. The third-order valence-electron chi connectivity index (χ3n) is 7.80. The van der Waals surface area contributed by atoms with Crippen molar-refractivity contribution in [3.63, 3.8) is 0 Å². The van der Waals surface area contributed by atoms with Crippen LogP contribution in [-0.2, 0) is 26.2 Å². The number of benzene rings is 3. The van der Waals surface area contributed by atoms with E-state index in [9.17, 15) is 18.0 Å². The van der Waals surface area contributed by atoms with E-state index >= 15 is 0 Å².